The third-order valence-electron chi connectivity index (χ3n) is 5.34. The van der Waals surface area contributed by atoms with Crippen molar-refractivity contribution in [3.8, 4) is 11.5 Å². The zero-order valence-corrected chi connectivity index (χ0v) is 16.3. The van der Waals surface area contributed by atoms with Gasteiger partial charge in [-0.3, -0.25) is 4.79 Å². The van der Waals surface area contributed by atoms with Gasteiger partial charge in [0.15, 0.2) is 18.2 Å². The van der Waals surface area contributed by atoms with Crippen molar-refractivity contribution in [1.29, 1.82) is 0 Å². The van der Waals surface area contributed by atoms with Gasteiger partial charge in [0.2, 0.25) is 0 Å². The van der Waals surface area contributed by atoms with Crippen LogP contribution >= 0.6 is 0 Å². The highest BCUT2D eigenvalue weighted by molar-refractivity contribution is 5.95. The van der Waals surface area contributed by atoms with Crippen LogP contribution in [-0.4, -0.2) is 53.9 Å². The number of rotatable bonds is 3. The predicted molar refractivity (Wildman–Crippen MR) is 106 cm³/mol. The molecule has 3 heterocycles. The summed E-state index contributed by atoms with van der Waals surface area (Å²) >= 11 is 0. The van der Waals surface area contributed by atoms with Crippen molar-refractivity contribution in [3.05, 3.63) is 53.6 Å². The van der Waals surface area contributed by atoms with E-state index < -0.39 is 11.9 Å². The van der Waals surface area contributed by atoms with Crippen LogP contribution in [0.1, 0.15) is 18.0 Å². The van der Waals surface area contributed by atoms with Gasteiger partial charge in [-0.25, -0.2) is 18.6 Å². The number of hydrogen-bond acceptors (Lipinski definition) is 5. The van der Waals surface area contributed by atoms with Crippen LogP contribution in [0.4, 0.5) is 19.3 Å². The van der Waals surface area contributed by atoms with Crippen LogP contribution in [-0.2, 0) is 4.79 Å². The Labute approximate surface area is 176 Å². The molecular formula is C21H18F2N4O4. The normalized spacial score (nSPS) is 20.1. The molecule has 1 saturated heterocycles. The largest absolute Gasteiger partial charge is 0.484 e. The number of hydrogen-bond donors (Lipinski definition) is 1. The highest BCUT2D eigenvalue weighted by Crippen LogP contribution is 2.36. The molecule has 10 heteroatoms. The molecule has 2 aromatic carbocycles. The lowest BCUT2D eigenvalue weighted by atomic mass is 10.0. The summed E-state index contributed by atoms with van der Waals surface area (Å²) in [4.78, 5) is 25.8. The number of benzene rings is 2. The molecule has 3 aliphatic rings. The van der Waals surface area contributed by atoms with Crippen molar-refractivity contribution in [3.63, 3.8) is 0 Å². The number of halogens is 2. The molecule has 0 spiro atoms. The van der Waals surface area contributed by atoms with Crippen molar-refractivity contribution in [2.75, 3.05) is 25.0 Å². The minimum Gasteiger partial charge on any atom is -0.484 e. The third-order valence-corrected chi connectivity index (χ3v) is 5.34. The van der Waals surface area contributed by atoms with Crippen LogP contribution in [0, 0.1) is 11.6 Å². The van der Waals surface area contributed by atoms with E-state index >= 15 is 0 Å². The maximum Gasteiger partial charge on any atom is 0.341 e. The monoisotopic (exact) mass is 428 g/mol. The fourth-order valence-corrected chi connectivity index (χ4v) is 3.75. The lowest BCUT2D eigenvalue weighted by molar-refractivity contribution is -0.118. The maximum absolute atomic E-state index is 14.3. The van der Waals surface area contributed by atoms with Gasteiger partial charge in [-0.05, 0) is 17.7 Å². The topological polar surface area (TPSA) is 83.5 Å². The summed E-state index contributed by atoms with van der Waals surface area (Å²) in [6, 6.07) is 7.93. The molecule has 0 saturated carbocycles. The smallest absolute Gasteiger partial charge is 0.341 e. The van der Waals surface area contributed by atoms with Gasteiger partial charge in [-0.2, -0.15) is 5.10 Å². The molecule has 1 unspecified atom stereocenters. The number of hydrazone groups is 1. The second-order valence-corrected chi connectivity index (χ2v) is 7.49. The maximum atomic E-state index is 14.3. The molecule has 0 bridgehead atoms. The highest BCUT2D eigenvalue weighted by Gasteiger charge is 2.39. The Bertz CT molecular complexity index is 1090. The molecule has 1 atom stereocenters. The molecular weight excluding hydrogens is 410 g/mol. The molecule has 0 radical (unpaired) electrons. The van der Waals surface area contributed by atoms with Crippen LogP contribution in [0.15, 0.2) is 41.5 Å². The van der Waals surface area contributed by atoms with Crippen molar-refractivity contribution in [2.45, 2.75) is 18.6 Å². The number of ether oxygens (including phenoxy) is 2. The van der Waals surface area contributed by atoms with E-state index in [-0.39, 0.29) is 55.0 Å². The summed E-state index contributed by atoms with van der Waals surface area (Å²) in [5.41, 5.74) is 1.00. The molecule has 1 N–H and O–H groups in total. The van der Waals surface area contributed by atoms with Gasteiger partial charge in [-0.15, -0.1) is 0 Å². The average Bonchev–Trinajstić information content (AvgIpc) is 3.20. The molecule has 0 aliphatic carbocycles. The quantitative estimate of drug-likeness (QED) is 0.815. The molecule has 3 amide bonds. The van der Waals surface area contributed by atoms with Crippen molar-refractivity contribution < 1.29 is 27.8 Å². The number of urea groups is 1. The van der Waals surface area contributed by atoms with E-state index in [0.29, 0.717) is 17.7 Å². The lowest BCUT2D eigenvalue weighted by Crippen LogP contribution is -2.58. The number of anilines is 1. The van der Waals surface area contributed by atoms with E-state index in [1.165, 1.54) is 28.1 Å². The zero-order chi connectivity index (χ0) is 21.5. The van der Waals surface area contributed by atoms with E-state index in [4.69, 9.17) is 9.47 Å². The summed E-state index contributed by atoms with van der Waals surface area (Å²) in [6.45, 7) is 0.335. The van der Waals surface area contributed by atoms with Crippen molar-refractivity contribution in [1.82, 2.24) is 9.91 Å². The van der Waals surface area contributed by atoms with E-state index in [9.17, 15) is 18.4 Å². The molecule has 1 fully saturated rings. The Hall–Kier alpha value is -3.69. The first kappa shape index (κ1) is 19.3. The van der Waals surface area contributed by atoms with Crippen LogP contribution < -0.4 is 14.8 Å². The van der Waals surface area contributed by atoms with Crippen molar-refractivity contribution >= 4 is 23.8 Å². The van der Waals surface area contributed by atoms with E-state index in [0.717, 1.165) is 6.07 Å². The number of amides is 3. The van der Waals surface area contributed by atoms with E-state index in [1.807, 2.05) is 0 Å². The Balaban J connectivity index is 1.22. The molecule has 0 aromatic heterocycles. The van der Waals surface area contributed by atoms with Gasteiger partial charge in [0.1, 0.15) is 17.7 Å². The fraction of sp³-hybridized carbons (Fsp3) is 0.286. The number of likely N-dealkylation sites (tertiary alicyclic amines) is 1. The number of nitrogens with one attached hydrogen (secondary N) is 1. The number of carbonyl (C=O) groups excluding carboxylic acids is 2. The summed E-state index contributed by atoms with van der Waals surface area (Å²) < 4.78 is 38.7. The van der Waals surface area contributed by atoms with Crippen molar-refractivity contribution in [2.24, 2.45) is 5.10 Å². The molecule has 5 rings (SSSR count). The first-order valence-corrected chi connectivity index (χ1v) is 9.77. The molecule has 3 aliphatic heterocycles. The van der Waals surface area contributed by atoms with Crippen LogP contribution in [0.5, 0.6) is 11.5 Å². The van der Waals surface area contributed by atoms with Gasteiger partial charge >= 0.3 is 6.03 Å². The van der Waals surface area contributed by atoms with Gasteiger partial charge in [0, 0.05) is 24.8 Å². The van der Waals surface area contributed by atoms with Gasteiger partial charge in [-0.1, -0.05) is 12.1 Å². The molecule has 2 aromatic rings. The van der Waals surface area contributed by atoms with Gasteiger partial charge in [0.25, 0.3) is 5.91 Å². The molecule has 160 valence electrons. The van der Waals surface area contributed by atoms with Crippen LogP contribution in [0.2, 0.25) is 0 Å². The summed E-state index contributed by atoms with van der Waals surface area (Å²) in [6.07, 6.45) is 1.72. The fourth-order valence-electron chi connectivity index (χ4n) is 3.75. The molecule has 8 nitrogen and oxygen atoms in total. The van der Waals surface area contributed by atoms with Gasteiger partial charge < -0.3 is 19.7 Å². The number of nitrogens with zero attached hydrogens (tertiary/aromatic N) is 3. The first-order chi connectivity index (χ1) is 15.0. The summed E-state index contributed by atoms with van der Waals surface area (Å²) in [5.74, 6) is -1.11. The minimum atomic E-state index is -0.616. The van der Waals surface area contributed by atoms with E-state index in [1.54, 1.807) is 18.3 Å². The summed E-state index contributed by atoms with van der Waals surface area (Å²) in [7, 11) is 0. The second-order valence-electron chi connectivity index (χ2n) is 7.49. The highest BCUT2D eigenvalue weighted by atomic mass is 19.1. The number of fused-ring (bicyclic) bond motifs is 1. The Morgan fingerprint density at radius 2 is 2.06 bits per heavy atom. The Morgan fingerprint density at radius 1 is 1.23 bits per heavy atom. The Kier molecular flexibility index (Phi) is 4.68. The van der Waals surface area contributed by atoms with Gasteiger partial charge in [0.05, 0.1) is 24.8 Å². The van der Waals surface area contributed by atoms with Crippen LogP contribution in [0.25, 0.3) is 0 Å². The SMILES string of the molecule is O=C1COc2cc(F)c(OC3CN(C(=O)N4N=CCC4c4cccc(F)c4)C3)cc2N1. The average molecular weight is 428 g/mol. The Morgan fingerprint density at radius 3 is 2.87 bits per heavy atom. The standard InChI is InChI=1S/C21H18F2N4O4/c22-13-3-1-2-12(6-13)17-4-5-24-27(17)21(29)26-9-14(10-26)31-18-8-16-19(7-15(18)23)30-11-20(28)25-16/h1-3,5-8,14,17H,4,9-11H2,(H,25,28). The zero-order valence-electron chi connectivity index (χ0n) is 16.3. The lowest BCUT2D eigenvalue weighted by Gasteiger charge is -2.41. The minimum absolute atomic E-state index is 0.0292. The molecule has 31 heavy (non-hydrogen) atoms. The second kappa shape index (κ2) is 7.53. The third kappa shape index (κ3) is 3.65. The first-order valence-electron chi connectivity index (χ1n) is 9.77. The van der Waals surface area contributed by atoms with E-state index in [2.05, 4.69) is 10.4 Å². The van der Waals surface area contributed by atoms with Crippen LogP contribution in [0.3, 0.4) is 0 Å². The summed E-state index contributed by atoms with van der Waals surface area (Å²) in [5, 5.41) is 8.08. The number of carbonyl (C=O) groups is 2. The predicted octanol–water partition coefficient (Wildman–Crippen LogP) is 2.91.